The summed E-state index contributed by atoms with van der Waals surface area (Å²) in [4.78, 5) is 4.23. The van der Waals surface area contributed by atoms with Crippen molar-refractivity contribution in [3.05, 3.63) is 30.6 Å². The van der Waals surface area contributed by atoms with Crippen molar-refractivity contribution in [2.75, 3.05) is 11.9 Å². The Kier molecular flexibility index (Phi) is 3.57. The molecule has 4 heteroatoms. The van der Waals surface area contributed by atoms with Gasteiger partial charge in [0.1, 0.15) is 11.5 Å². The van der Waals surface area contributed by atoms with Crippen molar-refractivity contribution in [1.82, 2.24) is 9.38 Å². The molecule has 0 amide bonds. The number of imidazole rings is 1. The summed E-state index contributed by atoms with van der Waals surface area (Å²) in [6.45, 7) is 6.63. The Balaban J connectivity index is 2.08. The maximum absolute atomic E-state index is 10.3. The molecule has 0 saturated heterocycles. The van der Waals surface area contributed by atoms with Crippen molar-refractivity contribution in [3.8, 4) is 0 Å². The first-order valence-electron chi connectivity index (χ1n) is 6.36. The van der Waals surface area contributed by atoms with Crippen LogP contribution in [0.3, 0.4) is 0 Å². The van der Waals surface area contributed by atoms with E-state index in [1.165, 1.54) is 0 Å². The standard InChI is InChI=1S/C14H21N3O/c1-11(2)9-14(3,18)10-16-13-6-4-5-12-15-7-8-17(12)13/h4-8,11,16,18H,9-10H2,1-3H3. The van der Waals surface area contributed by atoms with Crippen molar-refractivity contribution in [2.45, 2.75) is 32.8 Å². The lowest BCUT2D eigenvalue weighted by Gasteiger charge is -2.26. The van der Waals surface area contributed by atoms with Crippen LogP contribution in [0.1, 0.15) is 27.2 Å². The second kappa shape index (κ2) is 4.98. The zero-order valence-corrected chi connectivity index (χ0v) is 11.2. The first-order chi connectivity index (χ1) is 8.48. The molecular formula is C14H21N3O. The number of aromatic nitrogens is 2. The highest BCUT2D eigenvalue weighted by molar-refractivity contribution is 5.49. The van der Waals surface area contributed by atoms with Gasteiger partial charge in [-0.3, -0.25) is 4.40 Å². The summed E-state index contributed by atoms with van der Waals surface area (Å²) in [5.41, 5.74) is 0.209. The topological polar surface area (TPSA) is 49.6 Å². The van der Waals surface area contributed by atoms with Gasteiger partial charge in [-0.05, 0) is 31.4 Å². The zero-order chi connectivity index (χ0) is 13.2. The van der Waals surface area contributed by atoms with Gasteiger partial charge in [0.2, 0.25) is 0 Å². The average molecular weight is 247 g/mol. The summed E-state index contributed by atoms with van der Waals surface area (Å²) in [6, 6.07) is 5.90. The lowest BCUT2D eigenvalue weighted by molar-refractivity contribution is 0.0514. The summed E-state index contributed by atoms with van der Waals surface area (Å²) >= 11 is 0. The number of nitrogens with one attached hydrogen (secondary N) is 1. The molecular weight excluding hydrogens is 226 g/mol. The summed E-state index contributed by atoms with van der Waals surface area (Å²) in [7, 11) is 0. The second-order valence-electron chi connectivity index (χ2n) is 5.51. The van der Waals surface area contributed by atoms with Gasteiger partial charge in [0.25, 0.3) is 0 Å². The molecule has 18 heavy (non-hydrogen) atoms. The Morgan fingerprint density at radius 2 is 2.22 bits per heavy atom. The van der Waals surface area contributed by atoms with Gasteiger partial charge in [-0.2, -0.15) is 0 Å². The summed E-state index contributed by atoms with van der Waals surface area (Å²) in [6.07, 6.45) is 4.46. The van der Waals surface area contributed by atoms with E-state index < -0.39 is 5.60 Å². The zero-order valence-electron chi connectivity index (χ0n) is 11.2. The summed E-state index contributed by atoms with van der Waals surface area (Å²) < 4.78 is 1.98. The van der Waals surface area contributed by atoms with Gasteiger partial charge in [-0.1, -0.05) is 19.9 Å². The molecule has 98 valence electrons. The number of pyridine rings is 1. The quantitative estimate of drug-likeness (QED) is 0.853. The van der Waals surface area contributed by atoms with Crippen LogP contribution in [-0.2, 0) is 0 Å². The molecule has 0 saturated carbocycles. The third kappa shape index (κ3) is 3.01. The fourth-order valence-electron chi connectivity index (χ4n) is 2.32. The van der Waals surface area contributed by atoms with Crippen molar-refractivity contribution >= 4 is 11.5 Å². The Morgan fingerprint density at radius 1 is 1.44 bits per heavy atom. The van der Waals surface area contributed by atoms with E-state index in [0.29, 0.717) is 12.5 Å². The molecule has 0 spiro atoms. The summed E-state index contributed by atoms with van der Waals surface area (Å²) in [5.74, 6) is 1.43. The lowest BCUT2D eigenvalue weighted by Crippen LogP contribution is -2.35. The molecule has 2 rings (SSSR count). The smallest absolute Gasteiger partial charge is 0.138 e. The highest BCUT2D eigenvalue weighted by atomic mass is 16.3. The highest BCUT2D eigenvalue weighted by Gasteiger charge is 2.21. The van der Waals surface area contributed by atoms with E-state index in [0.717, 1.165) is 17.9 Å². The van der Waals surface area contributed by atoms with E-state index >= 15 is 0 Å². The van der Waals surface area contributed by atoms with Crippen molar-refractivity contribution in [1.29, 1.82) is 0 Å². The van der Waals surface area contributed by atoms with Crippen LogP contribution >= 0.6 is 0 Å². The molecule has 1 unspecified atom stereocenters. The van der Waals surface area contributed by atoms with Crippen LogP contribution in [0, 0.1) is 5.92 Å². The molecule has 2 heterocycles. The van der Waals surface area contributed by atoms with Crippen LogP contribution < -0.4 is 5.32 Å². The predicted molar refractivity (Wildman–Crippen MR) is 73.8 cm³/mol. The fraction of sp³-hybridized carbons (Fsp3) is 0.500. The molecule has 2 aromatic rings. The second-order valence-corrected chi connectivity index (χ2v) is 5.51. The third-order valence-corrected chi connectivity index (χ3v) is 2.93. The van der Waals surface area contributed by atoms with Gasteiger partial charge < -0.3 is 10.4 Å². The monoisotopic (exact) mass is 247 g/mol. The van der Waals surface area contributed by atoms with Crippen LogP contribution in [0.4, 0.5) is 5.82 Å². The molecule has 4 nitrogen and oxygen atoms in total. The van der Waals surface area contributed by atoms with E-state index in [1.54, 1.807) is 6.20 Å². The average Bonchev–Trinajstić information content (AvgIpc) is 2.72. The van der Waals surface area contributed by atoms with Gasteiger partial charge in [0.05, 0.1) is 5.60 Å². The van der Waals surface area contributed by atoms with Gasteiger partial charge in [0, 0.05) is 18.9 Å². The number of nitrogens with zero attached hydrogens (tertiary/aromatic N) is 2. The molecule has 2 N–H and O–H groups in total. The normalized spacial score (nSPS) is 14.9. The maximum Gasteiger partial charge on any atom is 0.138 e. The molecule has 1 atom stereocenters. The molecule has 0 aromatic carbocycles. The van der Waals surface area contributed by atoms with Gasteiger partial charge in [-0.15, -0.1) is 0 Å². The lowest BCUT2D eigenvalue weighted by atomic mass is 9.94. The van der Waals surface area contributed by atoms with Crippen molar-refractivity contribution in [3.63, 3.8) is 0 Å². The first-order valence-corrected chi connectivity index (χ1v) is 6.36. The Bertz CT molecular complexity index is 516. The van der Waals surface area contributed by atoms with Gasteiger partial charge in [-0.25, -0.2) is 4.98 Å². The van der Waals surface area contributed by atoms with Crippen LogP contribution in [0.5, 0.6) is 0 Å². The molecule has 0 radical (unpaired) electrons. The molecule has 2 aromatic heterocycles. The number of anilines is 1. The molecule has 0 aliphatic heterocycles. The third-order valence-electron chi connectivity index (χ3n) is 2.93. The Morgan fingerprint density at radius 3 is 2.94 bits per heavy atom. The van der Waals surface area contributed by atoms with Crippen LogP contribution in [-0.4, -0.2) is 26.6 Å². The molecule has 0 aliphatic rings. The van der Waals surface area contributed by atoms with E-state index in [-0.39, 0.29) is 0 Å². The predicted octanol–water partition coefficient (Wildman–Crippen LogP) is 2.54. The molecule has 0 fully saturated rings. The number of rotatable bonds is 5. The van der Waals surface area contributed by atoms with Crippen LogP contribution in [0.2, 0.25) is 0 Å². The SMILES string of the molecule is CC(C)CC(C)(O)CNc1cccc2nccn12. The maximum atomic E-state index is 10.3. The van der Waals surface area contributed by atoms with Crippen LogP contribution in [0.15, 0.2) is 30.6 Å². The van der Waals surface area contributed by atoms with E-state index in [2.05, 4.69) is 24.1 Å². The van der Waals surface area contributed by atoms with Crippen molar-refractivity contribution < 1.29 is 5.11 Å². The molecule has 0 bridgehead atoms. The minimum atomic E-state index is -0.698. The number of hydrogen-bond acceptors (Lipinski definition) is 3. The molecule has 0 aliphatic carbocycles. The Labute approximate surface area is 108 Å². The van der Waals surface area contributed by atoms with E-state index in [9.17, 15) is 5.11 Å². The number of hydrogen-bond donors (Lipinski definition) is 2. The fourth-order valence-corrected chi connectivity index (χ4v) is 2.32. The van der Waals surface area contributed by atoms with Gasteiger partial charge in [0.15, 0.2) is 0 Å². The Hall–Kier alpha value is -1.55. The highest BCUT2D eigenvalue weighted by Crippen LogP contribution is 2.18. The summed E-state index contributed by atoms with van der Waals surface area (Å²) in [5, 5.41) is 13.6. The van der Waals surface area contributed by atoms with Gasteiger partial charge >= 0.3 is 0 Å². The van der Waals surface area contributed by atoms with E-state index in [4.69, 9.17) is 0 Å². The minimum Gasteiger partial charge on any atom is -0.388 e. The van der Waals surface area contributed by atoms with E-state index in [1.807, 2.05) is 35.7 Å². The van der Waals surface area contributed by atoms with Crippen molar-refractivity contribution in [2.24, 2.45) is 5.92 Å². The number of aliphatic hydroxyl groups is 1. The number of fused-ring (bicyclic) bond motifs is 1. The minimum absolute atomic E-state index is 0.478. The van der Waals surface area contributed by atoms with Crippen LogP contribution in [0.25, 0.3) is 5.65 Å². The first kappa shape index (κ1) is 12.9. The largest absolute Gasteiger partial charge is 0.388 e.